The fourth-order valence-corrected chi connectivity index (χ4v) is 5.98. The highest BCUT2D eigenvalue weighted by Crippen LogP contribution is 2.52. The molecular weight excluding hydrogens is 510 g/mol. The first-order valence-corrected chi connectivity index (χ1v) is 14.2. The Morgan fingerprint density at radius 2 is 1.88 bits per heavy atom. The molecule has 2 aliphatic rings. The molecule has 218 valence electrons. The highest BCUT2D eigenvalue weighted by atomic mass is 16.5. The Labute approximate surface area is 237 Å². The number of carboxylic acid groups (broad SMARTS) is 1. The first-order chi connectivity index (χ1) is 18.9. The summed E-state index contributed by atoms with van der Waals surface area (Å²) >= 11 is 0. The van der Waals surface area contributed by atoms with Gasteiger partial charge in [0, 0.05) is 23.6 Å². The van der Waals surface area contributed by atoms with E-state index in [2.05, 4.69) is 13.8 Å². The third kappa shape index (κ3) is 7.15. The summed E-state index contributed by atoms with van der Waals surface area (Å²) in [5, 5.41) is 19.8. The summed E-state index contributed by atoms with van der Waals surface area (Å²) in [6.45, 7) is 7.72. The molecule has 2 aromatic carbocycles. The SMILES string of the molecule is COc1ccc(CCN(CC(=O)O)C(=O)c2ccc3c(c2)[C@@H]2O[C@H](C)CC[C@H]2[C@](C)(CCCC(C)(C)O)O3)cc1. The number of carboxylic acids is 1. The summed E-state index contributed by atoms with van der Waals surface area (Å²) in [6.07, 6.45) is 4.53. The maximum atomic E-state index is 13.6. The van der Waals surface area contributed by atoms with Gasteiger partial charge >= 0.3 is 5.97 Å². The van der Waals surface area contributed by atoms with Crippen LogP contribution in [0, 0.1) is 5.92 Å². The van der Waals surface area contributed by atoms with E-state index in [1.54, 1.807) is 13.2 Å². The van der Waals surface area contributed by atoms with E-state index >= 15 is 0 Å². The molecule has 8 heteroatoms. The van der Waals surface area contributed by atoms with Gasteiger partial charge in [0.05, 0.1) is 24.9 Å². The lowest BCUT2D eigenvalue weighted by Gasteiger charge is -2.50. The molecule has 4 rings (SSSR count). The molecule has 4 atom stereocenters. The second-order valence-corrected chi connectivity index (χ2v) is 12.1. The van der Waals surface area contributed by atoms with E-state index in [1.165, 1.54) is 4.90 Å². The van der Waals surface area contributed by atoms with Gasteiger partial charge in [-0.1, -0.05) is 12.1 Å². The molecule has 0 radical (unpaired) electrons. The molecule has 2 heterocycles. The third-order valence-corrected chi connectivity index (χ3v) is 8.22. The Bertz CT molecular complexity index is 1190. The highest BCUT2D eigenvalue weighted by Gasteiger charge is 2.49. The summed E-state index contributed by atoms with van der Waals surface area (Å²) in [6, 6.07) is 12.9. The van der Waals surface area contributed by atoms with Crippen molar-refractivity contribution in [3.63, 3.8) is 0 Å². The van der Waals surface area contributed by atoms with E-state index in [0.717, 1.165) is 42.6 Å². The lowest BCUT2D eigenvalue weighted by molar-refractivity contribution is -0.153. The zero-order chi connectivity index (χ0) is 29.1. The van der Waals surface area contributed by atoms with Crippen LogP contribution < -0.4 is 9.47 Å². The molecule has 0 saturated carbocycles. The molecule has 1 amide bonds. The predicted octanol–water partition coefficient (Wildman–Crippen LogP) is 5.41. The van der Waals surface area contributed by atoms with Crippen LogP contribution in [-0.4, -0.2) is 64.5 Å². The standard InChI is InChI=1S/C32H43NO7/c1-21-7-13-26-29(39-21)25-19-23(10-14-27(25)40-32(26,4)17-6-16-31(2,3)37)30(36)33(20-28(34)35)18-15-22-8-11-24(38-5)12-9-22/h8-12,14,19,21,26,29,37H,6-7,13,15-18,20H2,1-5H3,(H,34,35)/t21-,26-,29+,32+/m1/s1. The number of hydrogen-bond acceptors (Lipinski definition) is 6. The summed E-state index contributed by atoms with van der Waals surface area (Å²) in [4.78, 5) is 26.6. The number of hydrogen-bond donors (Lipinski definition) is 2. The number of fused-ring (bicyclic) bond motifs is 3. The van der Waals surface area contributed by atoms with E-state index in [9.17, 15) is 19.8 Å². The van der Waals surface area contributed by atoms with Gasteiger partial charge < -0.3 is 29.3 Å². The summed E-state index contributed by atoms with van der Waals surface area (Å²) in [5.41, 5.74) is 1.06. The van der Waals surface area contributed by atoms with Crippen LogP contribution in [0.3, 0.4) is 0 Å². The molecular formula is C32H43NO7. The van der Waals surface area contributed by atoms with Crippen LogP contribution in [0.2, 0.25) is 0 Å². The zero-order valence-corrected chi connectivity index (χ0v) is 24.3. The number of benzene rings is 2. The second kappa shape index (κ2) is 12.2. The molecule has 2 aliphatic heterocycles. The Balaban J connectivity index is 1.56. The number of aliphatic hydroxyl groups is 1. The van der Waals surface area contributed by atoms with Crippen LogP contribution in [0.1, 0.15) is 87.4 Å². The molecule has 0 aromatic heterocycles. The fraction of sp³-hybridized carbons (Fsp3) is 0.562. The van der Waals surface area contributed by atoms with E-state index in [-0.39, 0.29) is 37.1 Å². The quantitative estimate of drug-likeness (QED) is 0.383. The number of nitrogens with zero attached hydrogens (tertiary/aromatic N) is 1. The predicted molar refractivity (Wildman–Crippen MR) is 152 cm³/mol. The van der Waals surface area contributed by atoms with E-state index in [0.29, 0.717) is 24.2 Å². The highest BCUT2D eigenvalue weighted by molar-refractivity contribution is 5.96. The molecule has 2 N–H and O–H groups in total. The van der Waals surface area contributed by atoms with Crippen molar-refractivity contribution < 1.29 is 34.0 Å². The van der Waals surface area contributed by atoms with Crippen molar-refractivity contribution in [3.05, 3.63) is 59.2 Å². The van der Waals surface area contributed by atoms with Gasteiger partial charge in [0.25, 0.3) is 5.91 Å². The Hall–Kier alpha value is -3.10. The van der Waals surface area contributed by atoms with Gasteiger partial charge in [0.15, 0.2) is 0 Å². The van der Waals surface area contributed by atoms with Crippen molar-refractivity contribution in [1.82, 2.24) is 4.90 Å². The van der Waals surface area contributed by atoms with Crippen molar-refractivity contribution in [2.75, 3.05) is 20.2 Å². The summed E-state index contributed by atoms with van der Waals surface area (Å²) < 4.78 is 18.3. The summed E-state index contributed by atoms with van der Waals surface area (Å²) in [5.74, 6) is 0.145. The molecule has 0 unspecified atom stereocenters. The lowest BCUT2D eigenvalue weighted by Crippen LogP contribution is -2.50. The number of rotatable bonds is 11. The number of carbonyl (C=O) groups excluding carboxylic acids is 1. The Kier molecular flexibility index (Phi) is 9.10. The van der Waals surface area contributed by atoms with E-state index in [1.807, 2.05) is 50.2 Å². The molecule has 1 saturated heterocycles. The maximum Gasteiger partial charge on any atom is 0.323 e. The van der Waals surface area contributed by atoms with Gasteiger partial charge in [-0.25, -0.2) is 0 Å². The third-order valence-electron chi connectivity index (χ3n) is 8.22. The molecule has 2 aromatic rings. The van der Waals surface area contributed by atoms with Gasteiger partial charge in [-0.05, 0) is 102 Å². The van der Waals surface area contributed by atoms with Gasteiger partial charge in [0.2, 0.25) is 0 Å². The first-order valence-electron chi connectivity index (χ1n) is 14.2. The monoisotopic (exact) mass is 553 g/mol. The van der Waals surface area contributed by atoms with Crippen molar-refractivity contribution in [3.8, 4) is 11.5 Å². The molecule has 1 fully saturated rings. The molecule has 0 spiro atoms. The number of ether oxygens (including phenoxy) is 3. The van der Waals surface area contributed by atoms with E-state index < -0.39 is 17.2 Å². The number of aliphatic carboxylic acids is 1. The van der Waals surface area contributed by atoms with Crippen molar-refractivity contribution in [2.24, 2.45) is 5.92 Å². The normalized spacial score (nSPS) is 23.9. The van der Waals surface area contributed by atoms with Crippen molar-refractivity contribution in [2.45, 2.75) is 89.6 Å². The van der Waals surface area contributed by atoms with Gasteiger partial charge in [-0.3, -0.25) is 9.59 Å². The topological polar surface area (TPSA) is 106 Å². The largest absolute Gasteiger partial charge is 0.497 e. The summed E-state index contributed by atoms with van der Waals surface area (Å²) in [7, 11) is 1.60. The zero-order valence-electron chi connectivity index (χ0n) is 24.3. The van der Waals surface area contributed by atoms with Crippen molar-refractivity contribution in [1.29, 1.82) is 0 Å². The number of carbonyl (C=O) groups is 2. The van der Waals surface area contributed by atoms with Gasteiger partial charge in [0.1, 0.15) is 23.6 Å². The van der Waals surface area contributed by atoms with Crippen LogP contribution in [0.5, 0.6) is 11.5 Å². The van der Waals surface area contributed by atoms with Crippen LogP contribution in [0.4, 0.5) is 0 Å². The van der Waals surface area contributed by atoms with Crippen LogP contribution in [0.15, 0.2) is 42.5 Å². The number of methoxy groups -OCH3 is 1. The minimum atomic E-state index is -1.06. The van der Waals surface area contributed by atoms with Crippen LogP contribution in [-0.2, 0) is 16.0 Å². The number of amides is 1. The van der Waals surface area contributed by atoms with Crippen LogP contribution in [0.25, 0.3) is 0 Å². The molecule has 0 bridgehead atoms. The average Bonchev–Trinajstić information content (AvgIpc) is 2.89. The molecule has 8 nitrogen and oxygen atoms in total. The van der Waals surface area contributed by atoms with Gasteiger partial charge in [-0.2, -0.15) is 0 Å². The Morgan fingerprint density at radius 3 is 2.52 bits per heavy atom. The second-order valence-electron chi connectivity index (χ2n) is 12.1. The first kappa shape index (κ1) is 29.9. The lowest BCUT2D eigenvalue weighted by atomic mass is 9.72. The van der Waals surface area contributed by atoms with Crippen molar-refractivity contribution >= 4 is 11.9 Å². The minimum absolute atomic E-state index is 0.0835. The van der Waals surface area contributed by atoms with Gasteiger partial charge in [-0.15, -0.1) is 0 Å². The minimum Gasteiger partial charge on any atom is -0.497 e. The smallest absolute Gasteiger partial charge is 0.323 e. The maximum absolute atomic E-state index is 13.6. The van der Waals surface area contributed by atoms with E-state index in [4.69, 9.17) is 14.2 Å². The Morgan fingerprint density at radius 1 is 1.15 bits per heavy atom. The fourth-order valence-electron chi connectivity index (χ4n) is 5.98. The van der Waals surface area contributed by atoms with Crippen LogP contribution >= 0.6 is 0 Å². The average molecular weight is 554 g/mol. The molecule has 0 aliphatic carbocycles. The molecule has 40 heavy (non-hydrogen) atoms.